The molecule has 0 saturated carbocycles. The normalized spacial score (nSPS) is 11.6. The number of ether oxygens (including phenoxy) is 1. The molecule has 1 heterocycles. The Morgan fingerprint density at radius 2 is 1.88 bits per heavy atom. The van der Waals surface area contributed by atoms with Crippen LogP contribution in [0.2, 0.25) is 0 Å². The molecule has 3 N–H and O–H groups in total. The Balaban J connectivity index is 2.75. The van der Waals surface area contributed by atoms with Gasteiger partial charge in [0.05, 0.1) is 6.10 Å². The predicted molar refractivity (Wildman–Crippen MR) is 67.9 cm³/mol. The third kappa shape index (κ3) is 5.33. The lowest BCUT2D eigenvalue weighted by Crippen LogP contribution is -2.21. The standard InChI is InChI=1S/C11H21N5O/c1-7(2)17-10-15-8(12)14-9(16-10)13-6-11(3,4)5/h7H,6H2,1-5H3,(H3,12,13,14,15,16). The number of anilines is 2. The van der Waals surface area contributed by atoms with Crippen LogP contribution in [0.3, 0.4) is 0 Å². The van der Waals surface area contributed by atoms with Crippen molar-refractivity contribution in [3.05, 3.63) is 0 Å². The van der Waals surface area contributed by atoms with Crippen LogP contribution >= 0.6 is 0 Å². The van der Waals surface area contributed by atoms with E-state index in [-0.39, 0.29) is 23.5 Å². The van der Waals surface area contributed by atoms with E-state index in [1.807, 2.05) is 13.8 Å². The van der Waals surface area contributed by atoms with Crippen LogP contribution in [0, 0.1) is 5.41 Å². The van der Waals surface area contributed by atoms with Gasteiger partial charge in [-0.2, -0.15) is 15.0 Å². The monoisotopic (exact) mass is 239 g/mol. The molecule has 6 nitrogen and oxygen atoms in total. The fourth-order valence-corrected chi connectivity index (χ4v) is 1.06. The number of nitrogens with zero attached hydrogens (tertiary/aromatic N) is 3. The molecule has 0 aliphatic heterocycles. The van der Waals surface area contributed by atoms with Crippen molar-refractivity contribution in [2.45, 2.75) is 40.7 Å². The Hall–Kier alpha value is -1.59. The van der Waals surface area contributed by atoms with Gasteiger partial charge in [0.1, 0.15) is 0 Å². The molecule has 0 atom stereocenters. The van der Waals surface area contributed by atoms with Crippen LogP contribution in [0.25, 0.3) is 0 Å². The van der Waals surface area contributed by atoms with E-state index in [0.717, 1.165) is 6.54 Å². The average molecular weight is 239 g/mol. The van der Waals surface area contributed by atoms with Crippen molar-refractivity contribution in [3.63, 3.8) is 0 Å². The average Bonchev–Trinajstić information content (AvgIpc) is 2.11. The molecule has 1 aromatic rings. The smallest absolute Gasteiger partial charge is 0.323 e. The van der Waals surface area contributed by atoms with Gasteiger partial charge in [-0.1, -0.05) is 20.8 Å². The van der Waals surface area contributed by atoms with Crippen LogP contribution in [0.4, 0.5) is 11.9 Å². The summed E-state index contributed by atoms with van der Waals surface area (Å²) >= 11 is 0. The Morgan fingerprint density at radius 3 is 2.41 bits per heavy atom. The molecule has 1 aromatic heterocycles. The summed E-state index contributed by atoms with van der Waals surface area (Å²) in [5.41, 5.74) is 5.73. The van der Waals surface area contributed by atoms with Gasteiger partial charge in [0.25, 0.3) is 0 Å². The molecule has 17 heavy (non-hydrogen) atoms. The summed E-state index contributed by atoms with van der Waals surface area (Å²) in [7, 11) is 0. The van der Waals surface area contributed by atoms with E-state index >= 15 is 0 Å². The van der Waals surface area contributed by atoms with Crippen molar-refractivity contribution in [3.8, 4) is 6.01 Å². The van der Waals surface area contributed by atoms with Crippen molar-refractivity contribution in [2.24, 2.45) is 5.41 Å². The lowest BCUT2D eigenvalue weighted by Gasteiger charge is -2.18. The van der Waals surface area contributed by atoms with Gasteiger partial charge in [-0.15, -0.1) is 0 Å². The molecule has 6 heteroatoms. The lowest BCUT2D eigenvalue weighted by atomic mass is 9.97. The largest absolute Gasteiger partial charge is 0.461 e. The summed E-state index contributed by atoms with van der Waals surface area (Å²) in [5, 5.41) is 3.12. The van der Waals surface area contributed by atoms with E-state index in [9.17, 15) is 0 Å². The van der Waals surface area contributed by atoms with Crippen LogP contribution in [-0.2, 0) is 0 Å². The maximum absolute atomic E-state index is 5.59. The minimum atomic E-state index is 0.00673. The highest BCUT2D eigenvalue weighted by molar-refractivity contribution is 5.32. The predicted octanol–water partition coefficient (Wildman–Crippen LogP) is 1.70. The molecular formula is C11H21N5O. The molecular weight excluding hydrogens is 218 g/mol. The number of hydrogen-bond acceptors (Lipinski definition) is 6. The van der Waals surface area contributed by atoms with Gasteiger partial charge in [0.2, 0.25) is 11.9 Å². The molecule has 0 bridgehead atoms. The maximum atomic E-state index is 5.59. The molecule has 0 fully saturated rings. The summed E-state index contributed by atoms with van der Waals surface area (Å²) in [4.78, 5) is 12.1. The Morgan fingerprint density at radius 1 is 1.24 bits per heavy atom. The fraction of sp³-hybridized carbons (Fsp3) is 0.727. The summed E-state index contributed by atoms with van der Waals surface area (Å²) < 4.78 is 5.39. The zero-order chi connectivity index (χ0) is 13.1. The summed E-state index contributed by atoms with van der Waals surface area (Å²) in [6.07, 6.45) is 0.00673. The zero-order valence-corrected chi connectivity index (χ0v) is 11.1. The van der Waals surface area contributed by atoms with Gasteiger partial charge < -0.3 is 15.8 Å². The highest BCUT2D eigenvalue weighted by Crippen LogP contribution is 2.15. The Labute approximate surface area is 102 Å². The first-order valence-electron chi connectivity index (χ1n) is 5.68. The second-order valence-corrected chi connectivity index (χ2v) is 5.38. The Kier molecular flexibility index (Phi) is 4.09. The quantitative estimate of drug-likeness (QED) is 0.831. The van der Waals surface area contributed by atoms with Gasteiger partial charge in [-0.25, -0.2) is 0 Å². The van der Waals surface area contributed by atoms with E-state index in [0.29, 0.717) is 5.95 Å². The molecule has 0 aliphatic carbocycles. The molecule has 0 radical (unpaired) electrons. The van der Waals surface area contributed by atoms with Crippen molar-refractivity contribution >= 4 is 11.9 Å². The summed E-state index contributed by atoms with van der Waals surface area (Å²) in [6, 6.07) is 0.254. The summed E-state index contributed by atoms with van der Waals surface area (Å²) in [6.45, 7) is 10.9. The highest BCUT2D eigenvalue weighted by atomic mass is 16.5. The van der Waals surface area contributed by atoms with Crippen molar-refractivity contribution in [2.75, 3.05) is 17.6 Å². The van der Waals surface area contributed by atoms with Crippen LogP contribution in [0.5, 0.6) is 6.01 Å². The van der Waals surface area contributed by atoms with Crippen molar-refractivity contribution in [1.29, 1.82) is 0 Å². The minimum Gasteiger partial charge on any atom is -0.461 e. The maximum Gasteiger partial charge on any atom is 0.323 e. The van der Waals surface area contributed by atoms with Gasteiger partial charge in [-0.3, -0.25) is 0 Å². The molecule has 1 rings (SSSR count). The number of nitrogens with two attached hydrogens (primary N) is 1. The fourth-order valence-electron chi connectivity index (χ4n) is 1.06. The Bertz CT molecular complexity index is 373. The first kappa shape index (κ1) is 13.5. The third-order valence-electron chi connectivity index (χ3n) is 1.75. The molecule has 0 aliphatic rings. The van der Waals surface area contributed by atoms with E-state index in [4.69, 9.17) is 10.5 Å². The van der Waals surface area contributed by atoms with Crippen LogP contribution in [0.1, 0.15) is 34.6 Å². The summed E-state index contributed by atoms with van der Waals surface area (Å²) in [5.74, 6) is 0.607. The zero-order valence-electron chi connectivity index (χ0n) is 11.1. The van der Waals surface area contributed by atoms with Gasteiger partial charge >= 0.3 is 6.01 Å². The van der Waals surface area contributed by atoms with E-state index in [1.54, 1.807) is 0 Å². The highest BCUT2D eigenvalue weighted by Gasteiger charge is 2.12. The van der Waals surface area contributed by atoms with Crippen molar-refractivity contribution < 1.29 is 4.74 Å². The first-order chi connectivity index (χ1) is 7.76. The van der Waals surface area contributed by atoms with Crippen LogP contribution in [0.15, 0.2) is 0 Å². The minimum absolute atomic E-state index is 0.00673. The van der Waals surface area contributed by atoms with Crippen LogP contribution in [-0.4, -0.2) is 27.6 Å². The third-order valence-corrected chi connectivity index (χ3v) is 1.75. The second kappa shape index (κ2) is 5.16. The molecule has 0 saturated heterocycles. The van der Waals surface area contributed by atoms with E-state index < -0.39 is 0 Å². The molecule has 96 valence electrons. The number of nitrogens with one attached hydrogen (secondary N) is 1. The van der Waals surface area contributed by atoms with E-state index in [2.05, 4.69) is 41.0 Å². The number of nitrogen functional groups attached to an aromatic ring is 1. The number of hydrogen-bond donors (Lipinski definition) is 2. The molecule has 0 unspecified atom stereocenters. The van der Waals surface area contributed by atoms with Gasteiger partial charge in [0, 0.05) is 6.54 Å². The molecule has 0 spiro atoms. The number of aromatic nitrogens is 3. The SMILES string of the molecule is CC(C)Oc1nc(N)nc(NCC(C)(C)C)n1. The van der Waals surface area contributed by atoms with Crippen LogP contribution < -0.4 is 15.8 Å². The van der Waals surface area contributed by atoms with Gasteiger partial charge in [-0.05, 0) is 19.3 Å². The van der Waals surface area contributed by atoms with Crippen molar-refractivity contribution in [1.82, 2.24) is 15.0 Å². The van der Waals surface area contributed by atoms with Gasteiger partial charge in [0.15, 0.2) is 0 Å². The first-order valence-corrected chi connectivity index (χ1v) is 5.68. The number of rotatable bonds is 4. The second-order valence-electron chi connectivity index (χ2n) is 5.38. The van der Waals surface area contributed by atoms with E-state index in [1.165, 1.54) is 0 Å². The topological polar surface area (TPSA) is 86.0 Å². The molecule has 0 aromatic carbocycles. The molecule has 0 amide bonds. The lowest BCUT2D eigenvalue weighted by molar-refractivity contribution is 0.222.